The maximum Gasteiger partial charge on any atom is 0.228 e. The van der Waals surface area contributed by atoms with Crippen molar-refractivity contribution in [2.45, 2.75) is 111 Å². The number of hydrogen-bond acceptors (Lipinski definition) is 4. The van der Waals surface area contributed by atoms with E-state index in [-0.39, 0.29) is 18.1 Å². The number of ketones is 1. The minimum atomic E-state index is -0.127. The molecule has 0 bridgehead atoms. The van der Waals surface area contributed by atoms with Crippen molar-refractivity contribution in [1.82, 2.24) is 0 Å². The Bertz CT molecular complexity index is 1220. The third kappa shape index (κ3) is 11.8. The molecule has 6 heteroatoms. The highest BCUT2D eigenvalue weighted by Crippen LogP contribution is 2.26. The Kier molecular flexibility index (Phi) is 14.6. The minimum absolute atomic E-state index is 0.0501. The molecular formula is C35H49N2O3S+. The van der Waals surface area contributed by atoms with Gasteiger partial charge >= 0.3 is 0 Å². The van der Waals surface area contributed by atoms with E-state index in [4.69, 9.17) is 4.74 Å². The number of para-hydroxylation sites is 1. The third-order valence-electron chi connectivity index (χ3n) is 7.51. The lowest BCUT2D eigenvalue weighted by Crippen LogP contribution is -2.34. The Morgan fingerprint density at radius 1 is 0.878 bits per heavy atom. The van der Waals surface area contributed by atoms with Crippen LogP contribution < -0.4 is 14.6 Å². The summed E-state index contributed by atoms with van der Waals surface area (Å²) in [6, 6.07) is 13.5. The number of aromatic nitrogens is 1. The van der Waals surface area contributed by atoms with Gasteiger partial charge in [-0.1, -0.05) is 113 Å². The van der Waals surface area contributed by atoms with E-state index in [0.717, 1.165) is 36.2 Å². The number of rotatable bonds is 20. The third-order valence-corrected chi connectivity index (χ3v) is 8.37. The van der Waals surface area contributed by atoms with E-state index in [9.17, 15) is 9.59 Å². The second kappa shape index (κ2) is 18.4. The maximum atomic E-state index is 13.0. The minimum Gasteiger partial charge on any atom is -0.493 e. The molecule has 0 spiro atoms. The number of nitrogens with one attached hydrogen (secondary N) is 1. The molecular weight excluding hydrogens is 528 g/mol. The van der Waals surface area contributed by atoms with Gasteiger partial charge in [0.2, 0.25) is 11.4 Å². The second-order valence-corrected chi connectivity index (χ2v) is 11.9. The molecule has 1 amide bonds. The molecule has 3 rings (SSSR count). The highest BCUT2D eigenvalue weighted by molar-refractivity contribution is 7.07. The Hall–Kier alpha value is -2.99. The predicted octanol–water partition coefficient (Wildman–Crippen LogP) is 8.86. The number of amides is 1. The number of aryl methyl sites for hydroxylation is 1. The summed E-state index contributed by atoms with van der Waals surface area (Å²) in [6.07, 6.45) is 15.6. The monoisotopic (exact) mass is 577 g/mol. The fourth-order valence-electron chi connectivity index (χ4n) is 5.13. The number of hydrogen-bond donors (Lipinski definition) is 1. The van der Waals surface area contributed by atoms with Crippen molar-refractivity contribution in [2.75, 3.05) is 11.9 Å². The Morgan fingerprint density at radius 2 is 1.54 bits per heavy atom. The summed E-state index contributed by atoms with van der Waals surface area (Å²) in [5, 5.41) is 5.16. The van der Waals surface area contributed by atoms with Crippen LogP contribution in [-0.2, 0) is 17.8 Å². The van der Waals surface area contributed by atoms with E-state index in [2.05, 4.69) is 40.7 Å². The molecule has 1 N–H and O–H groups in total. The molecule has 5 nitrogen and oxygen atoms in total. The summed E-state index contributed by atoms with van der Waals surface area (Å²) >= 11 is 1.68. The molecule has 0 aliphatic rings. The zero-order chi connectivity index (χ0) is 29.3. The van der Waals surface area contributed by atoms with Crippen molar-refractivity contribution in [1.29, 1.82) is 0 Å². The summed E-state index contributed by atoms with van der Waals surface area (Å²) in [7, 11) is 0. The first-order valence-electron chi connectivity index (χ1n) is 15.5. The van der Waals surface area contributed by atoms with E-state index in [0.29, 0.717) is 17.9 Å². The zero-order valence-electron chi connectivity index (χ0n) is 25.4. The van der Waals surface area contributed by atoms with Gasteiger partial charge in [0.25, 0.3) is 0 Å². The first kappa shape index (κ1) is 32.5. The van der Waals surface area contributed by atoms with Gasteiger partial charge in [-0.2, -0.15) is 4.57 Å². The fourth-order valence-corrected chi connectivity index (χ4v) is 5.91. The topological polar surface area (TPSA) is 59.3 Å². The number of ether oxygens (including phenoxy) is 1. The normalized spacial score (nSPS) is 11.0. The van der Waals surface area contributed by atoms with E-state index in [1.165, 1.54) is 69.9 Å². The van der Waals surface area contributed by atoms with Gasteiger partial charge in [-0.15, -0.1) is 0 Å². The summed E-state index contributed by atoms with van der Waals surface area (Å²) < 4.78 is 8.35. The molecule has 0 saturated carbocycles. The van der Waals surface area contributed by atoms with Crippen molar-refractivity contribution >= 4 is 28.7 Å². The van der Waals surface area contributed by atoms with Crippen LogP contribution in [0.15, 0.2) is 53.4 Å². The molecule has 1 heterocycles. The van der Waals surface area contributed by atoms with Crippen LogP contribution in [0.5, 0.6) is 5.75 Å². The van der Waals surface area contributed by atoms with Gasteiger partial charge in [-0.3, -0.25) is 9.59 Å². The zero-order valence-corrected chi connectivity index (χ0v) is 26.2. The molecule has 0 saturated heterocycles. The van der Waals surface area contributed by atoms with Crippen LogP contribution >= 0.6 is 11.3 Å². The quantitative estimate of drug-likeness (QED) is 0.0829. The van der Waals surface area contributed by atoms with Crippen LogP contribution in [0.1, 0.15) is 118 Å². The SMILES string of the molecule is CCCCCCCCCCCCCCOc1c(CC(=O)Nc2cccc(C[n+]3cscc3C)c2)cccc1C(C)=O. The van der Waals surface area contributed by atoms with E-state index in [1.807, 2.05) is 30.3 Å². The highest BCUT2D eigenvalue weighted by atomic mass is 32.1. The largest absolute Gasteiger partial charge is 0.493 e. The van der Waals surface area contributed by atoms with Gasteiger partial charge in [0.05, 0.1) is 24.0 Å². The number of unbranched alkanes of at least 4 members (excludes halogenated alkanes) is 11. The lowest BCUT2D eigenvalue weighted by atomic mass is 10.0. The number of carbonyl (C=O) groups excluding carboxylic acids is 2. The average Bonchev–Trinajstić information content (AvgIpc) is 3.35. The molecule has 0 radical (unpaired) electrons. The average molecular weight is 578 g/mol. The van der Waals surface area contributed by atoms with Crippen LogP contribution in [0.2, 0.25) is 0 Å². The molecule has 2 aromatic carbocycles. The van der Waals surface area contributed by atoms with Gasteiger partial charge in [0, 0.05) is 23.7 Å². The molecule has 1 aromatic heterocycles. The smallest absolute Gasteiger partial charge is 0.228 e. The number of anilines is 1. The van der Waals surface area contributed by atoms with E-state index in [1.54, 1.807) is 24.3 Å². The first-order valence-corrected chi connectivity index (χ1v) is 16.5. The molecule has 0 fully saturated rings. The number of thiazole rings is 1. The Morgan fingerprint density at radius 3 is 2.17 bits per heavy atom. The van der Waals surface area contributed by atoms with Gasteiger partial charge in [0.1, 0.15) is 5.75 Å². The summed E-state index contributed by atoms with van der Waals surface area (Å²) in [4.78, 5) is 25.4. The molecule has 0 aliphatic heterocycles. The van der Waals surface area contributed by atoms with Crippen LogP contribution in [-0.4, -0.2) is 18.3 Å². The lowest BCUT2D eigenvalue weighted by molar-refractivity contribution is -0.689. The fraction of sp³-hybridized carbons (Fsp3) is 0.514. The number of benzene rings is 2. The Balaban J connectivity index is 1.45. The molecule has 3 aromatic rings. The molecule has 0 atom stereocenters. The van der Waals surface area contributed by atoms with Crippen LogP contribution in [0.25, 0.3) is 0 Å². The molecule has 0 aliphatic carbocycles. The molecule has 222 valence electrons. The summed E-state index contributed by atoms with van der Waals surface area (Å²) in [5.41, 5.74) is 6.49. The van der Waals surface area contributed by atoms with Crippen molar-refractivity contribution in [2.24, 2.45) is 0 Å². The molecule has 0 unspecified atom stereocenters. The maximum absolute atomic E-state index is 13.0. The second-order valence-electron chi connectivity index (χ2n) is 11.1. The van der Waals surface area contributed by atoms with Crippen molar-refractivity contribution in [3.8, 4) is 5.75 Å². The Labute approximate surface area is 251 Å². The van der Waals surface area contributed by atoms with Crippen LogP contribution in [0.4, 0.5) is 5.69 Å². The van der Waals surface area contributed by atoms with Gasteiger partial charge in [-0.25, -0.2) is 0 Å². The van der Waals surface area contributed by atoms with Gasteiger partial charge < -0.3 is 10.1 Å². The summed E-state index contributed by atoms with van der Waals surface area (Å²) in [6.45, 7) is 7.22. The van der Waals surface area contributed by atoms with Crippen molar-refractivity contribution < 1.29 is 18.9 Å². The highest BCUT2D eigenvalue weighted by Gasteiger charge is 2.17. The molecule has 41 heavy (non-hydrogen) atoms. The number of nitrogens with zero attached hydrogens (tertiary/aromatic N) is 1. The first-order chi connectivity index (χ1) is 20.0. The van der Waals surface area contributed by atoms with Crippen LogP contribution in [0.3, 0.4) is 0 Å². The van der Waals surface area contributed by atoms with E-state index >= 15 is 0 Å². The predicted molar refractivity (Wildman–Crippen MR) is 170 cm³/mol. The standard InChI is InChI=1S/C35H48N2O3S/c1-4-5-6-7-8-9-10-11-12-13-14-15-22-40-35-31(19-17-21-33(35)29(3)38)24-34(39)36-32-20-16-18-30(23-32)25-37-27-41-26-28(37)2/h16-21,23,26-27H,4-15,22,24-25H2,1-3H3/p+1. The van der Waals surface area contributed by atoms with E-state index < -0.39 is 0 Å². The van der Waals surface area contributed by atoms with Crippen molar-refractivity contribution in [3.63, 3.8) is 0 Å². The number of carbonyl (C=O) groups is 2. The summed E-state index contributed by atoms with van der Waals surface area (Å²) in [5.74, 6) is 0.375. The van der Waals surface area contributed by atoms with Crippen LogP contribution in [0, 0.1) is 6.92 Å². The number of Topliss-reactive ketones (excluding diaryl/α,β-unsaturated/α-hetero) is 1. The lowest BCUT2D eigenvalue weighted by Gasteiger charge is -2.15. The van der Waals surface area contributed by atoms with Crippen molar-refractivity contribution in [3.05, 3.63) is 75.7 Å². The van der Waals surface area contributed by atoms with Gasteiger partial charge in [-0.05, 0) is 31.5 Å². The van der Waals surface area contributed by atoms with Gasteiger partial charge in [0.15, 0.2) is 18.0 Å².